The third-order valence-electron chi connectivity index (χ3n) is 6.32. The molecule has 180 valence electrons. The molecule has 36 heavy (non-hydrogen) atoms. The summed E-state index contributed by atoms with van der Waals surface area (Å²) in [6.07, 6.45) is 0.618. The number of carbonyl (C=O) groups is 2. The summed E-state index contributed by atoms with van der Waals surface area (Å²) in [7, 11) is 0. The van der Waals surface area contributed by atoms with Crippen molar-refractivity contribution in [2.45, 2.75) is 31.3 Å². The summed E-state index contributed by atoms with van der Waals surface area (Å²) in [6, 6.07) is 26.0. The van der Waals surface area contributed by atoms with Gasteiger partial charge in [-0.15, -0.1) is 0 Å². The Labute approximate surface area is 214 Å². The maximum atomic E-state index is 13.5. The number of fused-ring (bicyclic) bond motifs is 1. The van der Waals surface area contributed by atoms with Crippen LogP contribution < -0.4 is 5.73 Å². The van der Waals surface area contributed by atoms with Gasteiger partial charge in [0, 0.05) is 12.1 Å². The molecule has 0 aliphatic carbocycles. The maximum Gasteiger partial charge on any atom is 0.253 e. The molecule has 0 saturated carbocycles. The average molecular weight is 495 g/mol. The topological polar surface area (TPSA) is 88.7 Å². The minimum Gasteiger partial charge on any atom is -0.366 e. The van der Waals surface area contributed by atoms with Crippen LogP contribution in [0.15, 0.2) is 89.0 Å². The zero-order valence-electron chi connectivity index (χ0n) is 20.1. The molecule has 2 amide bonds. The minimum absolute atomic E-state index is 0.0913. The van der Waals surface area contributed by atoms with Crippen molar-refractivity contribution in [1.29, 1.82) is 0 Å². The number of aromatic nitrogens is 1. The van der Waals surface area contributed by atoms with Gasteiger partial charge < -0.3 is 5.73 Å². The standard InChI is InChI=1S/C29H26N4O2S/c1-18-14-19(2)31-29(27(18)28(30)35)36-17-26(34)33-25(21-9-4-3-5-10-21)16-24(32-33)23-13-12-20-8-6-7-11-22(20)15-23/h3-15,25H,16-17H2,1-2H3,(H2,30,35)/t25-/m1/s1. The summed E-state index contributed by atoms with van der Waals surface area (Å²) >= 11 is 1.22. The van der Waals surface area contributed by atoms with Gasteiger partial charge >= 0.3 is 0 Å². The Morgan fingerprint density at radius 2 is 1.69 bits per heavy atom. The zero-order valence-corrected chi connectivity index (χ0v) is 21.0. The fourth-order valence-electron chi connectivity index (χ4n) is 4.62. The Balaban J connectivity index is 1.45. The van der Waals surface area contributed by atoms with Gasteiger partial charge in [0.15, 0.2) is 0 Å². The van der Waals surface area contributed by atoms with E-state index in [9.17, 15) is 9.59 Å². The number of carbonyl (C=O) groups excluding carboxylic acids is 2. The predicted octanol–water partition coefficient (Wildman–Crippen LogP) is 5.42. The monoisotopic (exact) mass is 494 g/mol. The van der Waals surface area contributed by atoms with Gasteiger partial charge in [0.2, 0.25) is 0 Å². The summed E-state index contributed by atoms with van der Waals surface area (Å²) < 4.78 is 0. The number of hydrazone groups is 1. The first-order chi connectivity index (χ1) is 17.4. The summed E-state index contributed by atoms with van der Waals surface area (Å²) in [5.74, 6) is -0.607. The summed E-state index contributed by atoms with van der Waals surface area (Å²) in [6.45, 7) is 3.68. The minimum atomic E-state index is -0.546. The van der Waals surface area contributed by atoms with Gasteiger partial charge in [-0.2, -0.15) is 5.10 Å². The second-order valence-corrected chi connectivity index (χ2v) is 9.86. The molecule has 3 aromatic carbocycles. The van der Waals surface area contributed by atoms with Crippen LogP contribution in [0.1, 0.15) is 45.2 Å². The van der Waals surface area contributed by atoms with E-state index in [2.05, 4.69) is 35.3 Å². The van der Waals surface area contributed by atoms with Crippen LogP contribution in [0.3, 0.4) is 0 Å². The van der Waals surface area contributed by atoms with Crippen molar-refractivity contribution in [3.8, 4) is 0 Å². The quantitative estimate of drug-likeness (QED) is 0.363. The highest BCUT2D eigenvalue weighted by molar-refractivity contribution is 8.00. The van der Waals surface area contributed by atoms with Crippen molar-refractivity contribution in [3.05, 3.63) is 107 Å². The molecule has 1 aliphatic heterocycles. The normalized spacial score (nSPS) is 15.2. The Bertz CT molecular complexity index is 1500. The van der Waals surface area contributed by atoms with E-state index in [4.69, 9.17) is 10.8 Å². The number of aryl methyl sites for hydroxylation is 2. The largest absolute Gasteiger partial charge is 0.366 e. The van der Waals surface area contributed by atoms with Crippen LogP contribution >= 0.6 is 11.8 Å². The Morgan fingerprint density at radius 1 is 0.972 bits per heavy atom. The van der Waals surface area contributed by atoms with Crippen LogP contribution in [0.4, 0.5) is 0 Å². The summed E-state index contributed by atoms with van der Waals surface area (Å²) in [5, 5.41) is 9.16. The number of rotatable bonds is 6. The highest BCUT2D eigenvalue weighted by Crippen LogP contribution is 2.34. The lowest BCUT2D eigenvalue weighted by Crippen LogP contribution is -2.28. The maximum absolute atomic E-state index is 13.5. The van der Waals surface area contributed by atoms with E-state index in [1.807, 2.05) is 62.4 Å². The van der Waals surface area contributed by atoms with Gasteiger partial charge in [-0.1, -0.05) is 78.5 Å². The molecule has 4 aromatic rings. The highest BCUT2D eigenvalue weighted by atomic mass is 32.2. The molecule has 0 bridgehead atoms. The van der Waals surface area contributed by atoms with E-state index < -0.39 is 5.91 Å². The summed E-state index contributed by atoms with van der Waals surface area (Å²) in [5.41, 5.74) is 10.4. The Kier molecular flexibility index (Phi) is 6.57. The lowest BCUT2D eigenvalue weighted by molar-refractivity contribution is -0.130. The van der Waals surface area contributed by atoms with Gasteiger partial charge in [0.25, 0.3) is 11.8 Å². The van der Waals surface area contributed by atoms with Crippen LogP contribution in [0.5, 0.6) is 0 Å². The molecule has 1 aliphatic rings. The second-order valence-electron chi connectivity index (χ2n) is 8.89. The molecule has 0 radical (unpaired) electrons. The average Bonchev–Trinajstić information content (AvgIpc) is 3.32. The van der Waals surface area contributed by atoms with Gasteiger partial charge in [-0.05, 0) is 53.4 Å². The smallest absolute Gasteiger partial charge is 0.253 e. The lowest BCUT2D eigenvalue weighted by atomic mass is 9.97. The number of pyridine rings is 1. The van der Waals surface area contributed by atoms with Crippen LogP contribution in [-0.2, 0) is 4.79 Å². The first-order valence-electron chi connectivity index (χ1n) is 11.7. The highest BCUT2D eigenvalue weighted by Gasteiger charge is 2.33. The number of primary amides is 1. The third-order valence-corrected chi connectivity index (χ3v) is 7.28. The molecule has 1 aromatic heterocycles. The molecule has 0 fully saturated rings. The number of amides is 2. The molecular weight excluding hydrogens is 468 g/mol. The first kappa shape index (κ1) is 23.8. The predicted molar refractivity (Wildman–Crippen MR) is 144 cm³/mol. The van der Waals surface area contributed by atoms with Crippen molar-refractivity contribution < 1.29 is 9.59 Å². The molecular formula is C29H26N4O2S. The Morgan fingerprint density at radius 3 is 2.44 bits per heavy atom. The van der Waals surface area contributed by atoms with Crippen LogP contribution in [0.25, 0.3) is 10.8 Å². The molecule has 5 rings (SSSR count). The van der Waals surface area contributed by atoms with E-state index >= 15 is 0 Å². The van der Waals surface area contributed by atoms with Crippen LogP contribution in [0, 0.1) is 13.8 Å². The molecule has 6 nitrogen and oxygen atoms in total. The number of hydrogen-bond acceptors (Lipinski definition) is 5. The summed E-state index contributed by atoms with van der Waals surface area (Å²) in [4.78, 5) is 30.0. The molecule has 0 spiro atoms. The Hall–Kier alpha value is -3.97. The van der Waals surface area contributed by atoms with Crippen LogP contribution in [0.2, 0.25) is 0 Å². The van der Waals surface area contributed by atoms with E-state index in [1.165, 1.54) is 11.8 Å². The number of nitrogens with zero attached hydrogens (tertiary/aromatic N) is 3. The molecule has 0 unspecified atom stereocenters. The fraction of sp³-hybridized carbons (Fsp3) is 0.172. The number of hydrogen-bond donors (Lipinski definition) is 1. The number of nitrogens with two attached hydrogens (primary N) is 1. The van der Waals surface area contributed by atoms with E-state index in [-0.39, 0.29) is 17.7 Å². The molecule has 0 saturated heterocycles. The van der Waals surface area contributed by atoms with Crippen LogP contribution in [-0.4, -0.2) is 33.3 Å². The van der Waals surface area contributed by atoms with E-state index in [1.54, 1.807) is 5.01 Å². The molecule has 7 heteroatoms. The van der Waals surface area contributed by atoms with E-state index in [0.29, 0.717) is 17.0 Å². The SMILES string of the molecule is Cc1cc(C)c(C(N)=O)c(SCC(=O)N2N=C(c3ccc4ccccc4c3)C[C@@H]2c2ccccc2)n1. The van der Waals surface area contributed by atoms with Crippen molar-refractivity contribution in [3.63, 3.8) is 0 Å². The fourth-order valence-corrected chi connectivity index (χ4v) is 5.63. The number of thioether (sulfide) groups is 1. The molecule has 2 heterocycles. The van der Waals surface area contributed by atoms with Crippen molar-refractivity contribution in [1.82, 2.24) is 9.99 Å². The van der Waals surface area contributed by atoms with E-state index in [0.717, 1.165) is 38.9 Å². The van der Waals surface area contributed by atoms with Gasteiger partial charge in [0.1, 0.15) is 5.03 Å². The second kappa shape index (κ2) is 9.95. The first-order valence-corrected chi connectivity index (χ1v) is 12.7. The van der Waals surface area contributed by atoms with Crippen molar-refractivity contribution >= 4 is 40.1 Å². The zero-order chi connectivity index (χ0) is 25.2. The van der Waals surface area contributed by atoms with Gasteiger partial charge in [-0.25, -0.2) is 9.99 Å². The lowest BCUT2D eigenvalue weighted by Gasteiger charge is -2.22. The molecule has 2 N–H and O–H groups in total. The molecule has 1 atom stereocenters. The van der Waals surface area contributed by atoms with Gasteiger partial charge in [0.05, 0.1) is 23.1 Å². The number of benzene rings is 3. The van der Waals surface area contributed by atoms with Crippen molar-refractivity contribution in [2.24, 2.45) is 10.8 Å². The van der Waals surface area contributed by atoms with Gasteiger partial charge in [-0.3, -0.25) is 9.59 Å². The third kappa shape index (κ3) is 4.75. The van der Waals surface area contributed by atoms with Crippen molar-refractivity contribution in [2.75, 3.05) is 5.75 Å².